The third-order valence-electron chi connectivity index (χ3n) is 5.47. The zero-order chi connectivity index (χ0) is 21.0. The van der Waals surface area contributed by atoms with Crippen LogP contribution < -0.4 is 4.90 Å². The zero-order valence-electron chi connectivity index (χ0n) is 17.6. The van der Waals surface area contributed by atoms with Crippen LogP contribution >= 0.6 is 11.8 Å². The van der Waals surface area contributed by atoms with E-state index in [0.29, 0.717) is 11.6 Å². The molecule has 0 spiro atoms. The molecule has 31 heavy (non-hydrogen) atoms. The fourth-order valence-corrected chi connectivity index (χ4v) is 4.62. The molecule has 1 aliphatic rings. The molecule has 2 aromatic heterocycles. The van der Waals surface area contributed by atoms with Gasteiger partial charge < -0.3 is 9.32 Å². The van der Waals surface area contributed by atoms with E-state index in [1.807, 2.05) is 30.3 Å². The van der Waals surface area contributed by atoms with Gasteiger partial charge in [0.25, 0.3) is 0 Å². The molecule has 158 valence electrons. The van der Waals surface area contributed by atoms with Crippen molar-refractivity contribution in [2.24, 2.45) is 0 Å². The maximum atomic E-state index is 5.69. The maximum absolute atomic E-state index is 5.69. The summed E-state index contributed by atoms with van der Waals surface area (Å²) in [5.74, 6) is 2.24. The highest BCUT2D eigenvalue weighted by Crippen LogP contribution is 2.30. The molecule has 0 amide bonds. The Morgan fingerprint density at radius 3 is 2.48 bits per heavy atom. The zero-order valence-corrected chi connectivity index (χ0v) is 18.4. The van der Waals surface area contributed by atoms with Crippen molar-refractivity contribution in [3.63, 3.8) is 0 Å². The van der Waals surface area contributed by atoms with Gasteiger partial charge in [-0.05, 0) is 50.5 Å². The third kappa shape index (κ3) is 4.37. The summed E-state index contributed by atoms with van der Waals surface area (Å²) in [4.78, 5) is 7.00. The molecule has 0 radical (unpaired) electrons. The number of hydrogen-bond donors (Lipinski definition) is 0. The topological polar surface area (TPSA) is 60.0 Å². The Morgan fingerprint density at radius 1 is 0.935 bits per heavy atom. The highest BCUT2D eigenvalue weighted by Gasteiger charge is 2.22. The van der Waals surface area contributed by atoms with Crippen molar-refractivity contribution in [3.8, 4) is 17.1 Å². The number of oxazole rings is 1. The molecule has 7 heteroatoms. The smallest absolute Gasteiger partial charge is 0.232 e. The molecule has 0 aliphatic carbocycles. The van der Waals surface area contributed by atoms with Crippen LogP contribution in [0.15, 0.2) is 70.4 Å². The first-order chi connectivity index (χ1) is 15.3. The quantitative estimate of drug-likeness (QED) is 0.375. The summed E-state index contributed by atoms with van der Waals surface area (Å²) in [5.41, 5.74) is 4.20. The number of thioether (sulfide) groups is 1. The van der Waals surface area contributed by atoms with Gasteiger partial charge in [0.05, 0.1) is 11.4 Å². The van der Waals surface area contributed by atoms with E-state index in [1.54, 1.807) is 18.0 Å². The summed E-state index contributed by atoms with van der Waals surface area (Å²) in [6.07, 6.45) is 5.41. The summed E-state index contributed by atoms with van der Waals surface area (Å²) in [5, 5.41) is 9.99. The SMILES string of the molecule is Cc1ccc(-n2c(SCc3coc(-c4ccccc4)n3)nnc2N2CCCCC2)cc1. The van der Waals surface area contributed by atoms with E-state index < -0.39 is 0 Å². The van der Waals surface area contributed by atoms with Crippen molar-refractivity contribution < 1.29 is 4.42 Å². The van der Waals surface area contributed by atoms with Crippen LogP contribution in [0.5, 0.6) is 0 Å². The molecule has 1 saturated heterocycles. The molecule has 0 atom stereocenters. The lowest BCUT2D eigenvalue weighted by Gasteiger charge is -2.27. The van der Waals surface area contributed by atoms with Crippen molar-refractivity contribution in [1.29, 1.82) is 0 Å². The van der Waals surface area contributed by atoms with Crippen LogP contribution in [0.1, 0.15) is 30.5 Å². The average molecular weight is 432 g/mol. The molecular weight excluding hydrogens is 406 g/mol. The number of hydrogen-bond acceptors (Lipinski definition) is 6. The molecule has 2 aromatic carbocycles. The molecule has 4 aromatic rings. The number of rotatable bonds is 6. The Labute approximate surface area is 186 Å². The Balaban J connectivity index is 1.40. The molecule has 0 bridgehead atoms. The van der Waals surface area contributed by atoms with Gasteiger partial charge >= 0.3 is 0 Å². The lowest BCUT2D eigenvalue weighted by molar-refractivity contribution is 0.564. The third-order valence-corrected chi connectivity index (χ3v) is 6.43. The van der Waals surface area contributed by atoms with Gasteiger partial charge in [-0.2, -0.15) is 0 Å². The Morgan fingerprint density at radius 2 is 1.71 bits per heavy atom. The molecule has 1 fully saturated rings. The number of piperidine rings is 1. The summed E-state index contributed by atoms with van der Waals surface area (Å²) in [7, 11) is 0. The molecular formula is C24H25N5OS. The molecule has 3 heterocycles. The van der Waals surface area contributed by atoms with Crippen molar-refractivity contribution in [2.75, 3.05) is 18.0 Å². The fraction of sp³-hybridized carbons (Fsp3) is 0.292. The summed E-state index contributed by atoms with van der Waals surface area (Å²) in [6, 6.07) is 18.5. The number of aromatic nitrogens is 4. The van der Waals surface area contributed by atoms with E-state index in [-0.39, 0.29) is 0 Å². The van der Waals surface area contributed by atoms with E-state index in [9.17, 15) is 0 Å². The molecule has 5 rings (SSSR count). The van der Waals surface area contributed by atoms with Crippen molar-refractivity contribution in [2.45, 2.75) is 37.1 Å². The summed E-state index contributed by atoms with van der Waals surface area (Å²) < 4.78 is 7.87. The Hall–Kier alpha value is -3.06. The van der Waals surface area contributed by atoms with Crippen LogP contribution in [0.3, 0.4) is 0 Å². The normalized spacial score (nSPS) is 14.2. The number of benzene rings is 2. The standard InChI is InChI=1S/C24H25N5OS/c1-18-10-12-21(13-11-18)29-23(28-14-6-3-7-15-28)26-27-24(29)31-17-20-16-30-22(25-20)19-8-4-2-5-9-19/h2,4-5,8-13,16H,3,6-7,14-15,17H2,1H3. The number of aryl methyl sites for hydroxylation is 1. The highest BCUT2D eigenvalue weighted by atomic mass is 32.2. The minimum Gasteiger partial charge on any atom is -0.444 e. The van der Waals surface area contributed by atoms with E-state index in [2.05, 4.69) is 55.8 Å². The van der Waals surface area contributed by atoms with Crippen LogP contribution in [0.2, 0.25) is 0 Å². The first-order valence-electron chi connectivity index (χ1n) is 10.7. The monoisotopic (exact) mass is 431 g/mol. The predicted molar refractivity (Wildman–Crippen MR) is 124 cm³/mol. The van der Waals surface area contributed by atoms with E-state index >= 15 is 0 Å². The second kappa shape index (κ2) is 8.98. The Bertz CT molecular complexity index is 1130. The second-order valence-corrected chi connectivity index (χ2v) is 8.74. The largest absolute Gasteiger partial charge is 0.444 e. The second-order valence-electron chi connectivity index (χ2n) is 7.80. The predicted octanol–water partition coefficient (Wildman–Crippen LogP) is 5.51. The van der Waals surface area contributed by atoms with Gasteiger partial charge in [-0.3, -0.25) is 4.57 Å². The maximum Gasteiger partial charge on any atom is 0.232 e. The van der Waals surface area contributed by atoms with Crippen LogP contribution in [0, 0.1) is 6.92 Å². The number of nitrogens with zero attached hydrogens (tertiary/aromatic N) is 5. The number of anilines is 1. The lowest BCUT2D eigenvalue weighted by atomic mass is 10.1. The molecule has 0 N–H and O–H groups in total. The molecule has 0 unspecified atom stereocenters. The molecule has 1 aliphatic heterocycles. The van der Waals surface area contributed by atoms with Gasteiger partial charge in [-0.15, -0.1) is 10.2 Å². The summed E-state index contributed by atoms with van der Waals surface area (Å²) in [6.45, 7) is 4.16. The van der Waals surface area contributed by atoms with Crippen molar-refractivity contribution in [3.05, 3.63) is 72.1 Å². The van der Waals surface area contributed by atoms with Crippen molar-refractivity contribution >= 4 is 17.7 Å². The van der Waals surface area contributed by atoms with Crippen LogP contribution in [-0.2, 0) is 5.75 Å². The van der Waals surface area contributed by atoms with Crippen LogP contribution in [0.25, 0.3) is 17.1 Å². The first-order valence-corrected chi connectivity index (χ1v) is 11.7. The summed E-state index contributed by atoms with van der Waals surface area (Å²) >= 11 is 1.63. The van der Waals surface area contributed by atoms with Gasteiger partial charge in [0.1, 0.15) is 6.26 Å². The van der Waals surface area contributed by atoms with Crippen LogP contribution in [0.4, 0.5) is 5.95 Å². The lowest BCUT2D eigenvalue weighted by Crippen LogP contribution is -2.31. The van der Waals surface area contributed by atoms with Crippen molar-refractivity contribution in [1.82, 2.24) is 19.7 Å². The Kier molecular flexibility index (Phi) is 5.76. The van der Waals surface area contributed by atoms with E-state index in [4.69, 9.17) is 4.42 Å². The van der Waals surface area contributed by atoms with E-state index in [0.717, 1.165) is 41.1 Å². The van der Waals surface area contributed by atoms with Gasteiger partial charge in [0.2, 0.25) is 11.8 Å². The minimum atomic E-state index is 0.644. The van der Waals surface area contributed by atoms with Gasteiger partial charge in [-0.1, -0.05) is 47.7 Å². The van der Waals surface area contributed by atoms with E-state index in [1.165, 1.54) is 24.8 Å². The molecule has 0 saturated carbocycles. The fourth-order valence-electron chi connectivity index (χ4n) is 3.80. The average Bonchev–Trinajstić information content (AvgIpc) is 3.47. The van der Waals surface area contributed by atoms with Gasteiger partial charge in [-0.25, -0.2) is 4.98 Å². The first kappa shape index (κ1) is 19.9. The van der Waals surface area contributed by atoms with Crippen LogP contribution in [-0.4, -0.2) is 32.8 Å². The van der Waals surface area contributed by atoms with Gasteiger partial charge in [0.15, 0.2) is 5.16 Å². The molecule has 6 nitrogen and oxygen atoms in total. The minimum absolute atomic E-state index is 0.644. The van der Waals surface area contributed by atoms with Gasteiger partial charge in [0, 0.05) is 24.4 Å². The highest BCUT2D eigenvalue weighted by molar-refractivity contribution is 7.98.